The molecule has 0 radical (unpaired) electrons. The van der Waals surface area contributed by atoms with E-state index in [-0.39, 0.29) is 12.3 Å². The number of benzene rings is 1. The Balaban J connectivity index is 2.61. The maximum atomic E-state index is 11.7. The molecule has 0 heterocycles. The number of carbonyl (C=O) groups excluding carboxylic acids is 1. The van der Waals surface area contributed by atoms with Gasteiger partial charge in [-0.2, -0.15) is 0 Å². The molecule has 5 nitrogen and oxygen atoms in total. The van der Waals surface area contributed by atoms with Crippen LogP contribution in [-0.4, -0.2) is 30.1 Å². The molecule has 0 aliphatic heterocycles. The third-order valence-corrected chi connectivity index (χ3v) is 2.71. The highest BCUT2D eigenvalue weighted by molar-refractivity contribution is 5.84. The topological polar surface area (TPSA) is 75.6 Å². The van der Waals surface area contributed by atoms with Crippen LogP contribution < -0.4 is 5.32 Å². The minimum Gasteiger partial charge on any atom is -0.480 e. The number of carbonyl (C=O) groups is 2. The summed E-state index contributed by atoms with van der Waals surface area (Å²) in [5, 5.41) is 11.4. The zero-order valence-corrected chi connectivity index (χ0v) is 11.2. The quantitative estimate of drug-likeness (QED) is 0.780. The second-order valence-corrected chi connectivity index (χ2v) is 4.30. The maximum Gasteiger partial charge on any atom is 0.326 e. The van der Waals surface area contributed by atoms with Gasteiger partial charge in [0, 0.05) is 7.11 Å². The predicted molar refractivity (Wildman–Crippen MR) is 70.7 cm³/mol. The number of rotatable bonds is 7. The summed E-state index contributed by atoms with van der Waals surface area (Å²) < 4.78 is 5.02. The first-order chi connectivity index (χ1) is 9.06. The molecular formula is C14H19NO4. The number of carboxylic acids is 1. The first-order valence-corrected chi connectivity index (χ1v) is 6.15. The van der Waals surface area contributed by atoms with Crippen LogP contribution >= 0.6 is 0 Å². The van der Waals surface area contributed by atoms with Crippen molar-refractivity contribution in [1.29, 1.82) is 0 Å². The number of ether oxygens (including phenoxy) is 1. The Labute approximate surface area is 112 Å². The van der Waals surface area contributed by atoms with Crippen LogP contribution in [0.2, 0.25) is 0 Å². The highest BCUT2D eigenvalue weighted by Crippen LogP contribution is 2.07. The van der Waals surface area contributed by atoms with Crippen LogP contribution in [0, 0.1) is 0 Å². The van der Waals surface area contributed by atoms with Gasteiger partial charge in [0.1, 0.15) is 6.04 Å². The van der Waals surface area contributed by atoms with Crippen LogP contribution in [0.3, 0.4) is 0 Å². The summed E-state index contributed by atoms with van der Waals surface area (Å²) in [4.78, 5) is 22.6. The van der Waals surface area contributed by atoms with Crippen molar-refractivity contribution in [3.05, 3.63) is 35.4 Å². The summed E-state index contributed by atoms with van der Waals surface area (Å²) in [7, 11) is 1.61. The molecule has 0 saturated heterocycles. The van der Waals surface area contributed by atoms with Gasteiger partial charge in [0.25, 0.3) is 0 Å². The molecule has 0 spiro atoms. The average molecular weight is 265 g/mol. The van der Waals surface area contributed by atoms with Gasteiger partial charge in [-0.25, -0.2) is 4.79 Å². The van der Waals surface area contributed by atoms with Crippen molar-refractivity contribution in [1.82, 2.24) is 5.32 Å². The van der Waals surface area contributed by atoms with Crippen molar-refractivity contribution < 1.29 is 19.4 Å². The summed E-state index contributed by atoms with van der Waals surface area (Å²) in [5.74, 6) is -1.30. The van der Waals surface area contributed by atoms with Gasteiger partial charge >= 0.3 is 5.97 Å². The normalized spacial score (nSPS) is 11.9. The fourth-order valence-electron chi connectivity index (χ4n) is 1.77. The lowest BCUT2D eigenvalue weighted by Gasteiger charge is -2.12. The Kier molecular flexibility index (Phi) is 6.02. The maximum absolute atomic E-state index is 11.7. The monoisotopic (exact) mass is 265 g/mol. The van der Waals surface area contributed by atoms with Crippen molar-refractivity contribution in [2.45, 2.75) is 32.4 Å². The van der Waals surface area contributed by atoms with E-state index in [0.29, 0.717) is 13.0 Å². The van der Waals surface area contributed by atoms with Gasteiger partial charge in [-0.05, 0) is 17.5 Å². The van der Waals surface area contributed by atoms with Crippen LogP contribution in [0.1, 0.15) is 24.5 Å². The molecule has 0 aliphatic rings. The molecule has 0 aliphatic carbocycles. The Bertz CT molecular complexity index is 445. The molecule has 1 unspecified atom stereocenters. The first-order valence-electron chi connectivity index (χ1n) is 6.15. The molecule has 1 amide bonds. The van der Waals surface area contributed by atoms with E-state index in [4.69, 9.17) is 9.84 Å². The fourth-order valence-corrected chi connectivity index (χ4v) is 1.77. The lowest BCUT2D eigenvalue weighted by atomic mass is 10.1. The third kappa shape index (κ3) is 5.09. The second-order valence-electron chi connectivity index (χ2n) is 4.30. The molecule has 0 saturated carbocycles. The molecule has 1 rings (SSSR count). The van der Waals surface area contributed by atoms with E-state index >= 15 is 0 Å². The molecule has 0 aromatic heterocycles. The molecule has 2 N–H and O–H groups in total. The Morgan fingerprint density at radius 2 is 2.05 bits per heavy atom. The minimum absolute atomic E-state index is 0.168. The molecular weight excluding hydrogens is 246 g/mol. The Morgan fingerprint density at radius 3 is 2.63 bits per heavy atom. The number of hydrogen-bond acceptors (Lipinski definition) is 3. The molecule has 5 heteroatoms. The van der Waals surface area contributed by atoms with Crippen molar-refractivity contribution in [3.63, 3.8) is 0 Å². The number of aliphatic carboxylic acids is 1. The van der Waals surface area contributed by atoms with Gasteiger partial charge in [0.15, 0.2) is 0 Å². The highest BCUT2D eigenvalue weighted by atomic mass is 16.5. The second kappa shape index (κ2) is 7.53. The SMILES string of the molecule is CCC(NC(=O)Cc1cccc(COC)c1)C(=O)O. The smallest absolute Gasteiger partial charge is 0.326 e. The van der Waals surface area contributed by atoms with E-state index in [0.717, 1.165) is 11.1 Å². The van der Waals surface area contributed by atoms with Crippen LogP contribution in [0.4, 0.5) is 0 Å². The lowest BCUT2D eigenvalue weighted by Crippen LogP contribution is -2.40. The summed E-state index contributed by atoms with van der Waals surface area (Å²) >= 11 is 0. The zero-order chi connectivity index (χ0) is 14.3. The van der Waals surface area contributed by atoms with E-state index < -0.39 is 12.0 Å². The summed E-state index contributed by atoms with van der Waals surface area (Å²) in [6.45, 7) is 2.21. The molecule has 1 atom stereocenters. The van der Waals surface area contributed by atoms with Gasteiger partial charge in [-0.15, -0.1) is 0 Å². The molecule has 0 fully saturated rings. The minimum atomic E-state index is -1.01. The number of amides is 1. The lowest BCUT2D eigenvalue weighted by molar-refractivity contribution is -0.141. The van der Waals surface area contributed by atoms with Gasteiger partial charge in [-0.3, -0.25) is 4.79 Å². The summed E-state index contributed by atoms with van der Waals surface area (Å²) in [5.41, 5.74) is 1.82. The third-order valence-electron chi connectivity index (χ3n) is 2.71. The molecule has 0 bridgehead atoms. The van der Waals surface area contributed by atoms with Gasteiger partial charge in [-0.1, -0.05) is 31.2 Å². The molecule has 1 aromatic carbocycles. The van der Waals surface area contributed by atoms with Gasteiger partial charge in [0.2, 0.25) is 5.91 Å². The van der Waals surface area contributed by atoms with Crippen molar-refractivity contribution >= 4 is 11.9 Å². The van der Waals surface area contributed by atoms with Gasteiger partial charge < -0.3 is 15.2 Å². The van der Waals surface area contributed by atoms with Gasteiger partial charge in [0.05, 0.1) is 13.0 Å². The van der Waals surface area contributed by atoms with E-state index in [9.17, 15) is 9.59 Å². The van der Waals surface area contributed by atoms with Crippen LogP contribution in [0.5, 0.6) is 0 Å². The van der Waals surface area contributed by atoms with E-state index in [1.54, 1.807) is 14.0 Å². The highest BCUT2D eigenvalue weighted by Gasteiger charge is 2.17. The van der Waals surface area contributed by atoms with Crippen molar-refractivity contribution in [2.75, 3.05) is 7.11 Å². The number of carboxylic acid groups (broad SMARTS) is 1. The van der Waals surface area contributed by atoms with E-state index in [1.165, 1.54) is 0 Å². The van der Waals surface area contributed by atoms with E-state index in [2.05, 4.69) is 5.32 Å². The number of nitrogens with one attached hydrogen (secondary N) is 1. The van der Waals surface area contributed by atoms with Crippen molar-refractivity contribution in [2.24, 2.45) is 0 Å². The van der Waals surface area contributed by atoms with Crippen molar-refractivity contribution in [3.8, 4) is 0 Å². The summed E-state index contributed by atoms with van der Waals surface area (Å²) in [6.07, 6.45) is 0.534. The van der Waals surface area contributed by atoms with Crippen LogP contribution in [0.15, 0.2) is 24.3 Å². The fraction of sp³-hybridized carbons (Fsp3) is 0.429. The Morgan fingerprint density at radius 1 is 1.37 bits per heavy atom. The number of methoxy groups -OCH3 is 1. The molecule has 104 valence electrons. The van der Waals surface area contributed by atoms with E-state index in [1.807, 2.05) is 24.3 Å². The number of hydrogen-bond donors (Lipinski definition) is 2. The predicted octanol–water partition coefficient (Wildman–Crippen LogP) is 1.35. The summed E-state index contributed by atoms with van der Waals surface area (Å²) in [6, 6.07) is 6.66. The zero-order valence-electron chi connectivity index (χ0n) is 11.2. The van der Waals surface area contributed by atoms with Crippen LogP contribution in [0.25, 0.3) is 0 Å². The standard InChI is InChI=1S/C14H19NO4/c1-3-12(14(17)18)15-13(16)8-10-5-4-6-11(7-10)9-19-2/h4-7,12H,3,8-9H2,1-2H3,(H,15,16)(H,17,18). The van der Waals surface area contributed by atoms with Crippen LogP contribution in [-0.2, 0) is 27.4 Å². The average Bonchev–Trinajstić information content (AvgIpc) is 2.36. The molecule has 19 heavy (non-hydrogen) atoms. The molecule has 1 aromatic rings. The largest absolute Gasteiger partial charge is 0.480 e. The first kappa shape index (κ1) is 15.2. The Hall–Kier alpha value is -1.88.